The van der Waals surface area contributed by atoms with Crippen LogP contribution < -0.4 is 3.69 Å². The molecule has 1 nitrogen and oxygen atoms in total. The summed E-state index contributed by atoms with van der Waals surface area (Å²) >= 11 is 3.40. The van der Waals surface area contributed by atoms with E-state index in [1.165, 1.54) is 3.69 Å². The van der Waals surface area contributed by atoms with E-state index in [1.54, 1.807) is 0 Å². The van der Waals surface area contributed by atoms with Crippen molar-refractivity contribution in [2.75, 3.05) is 13.2 Å². The van der Waals surface area contributed by atoms with E-state index < -0.39 is 0 Å². The van der Waals surface area contributed by atoms with Gasteiger partial charge in [-0.2, -0.15) is 3.69 Å². The maximum absolute atomic E-state index is 4.83. The van der Waals surface area contributed by atoms with Crippen molar-refractivity contribution in [3.8, 4) is 0 Å². The van der Waals surface area contributed by atoms with Crippen LogP contribution in [-0.4, -0.2) is 31.4 Å². The lowest BCUT2D eigenvalue weighted by Gasteiger charge is -1.87. The van der Waals surface area contributed by atoms with Gasteiger partial charge in [-0.1, -0.05) is 30.3 Å². The third kappa shape index (κ3) is 8.75. The summed E-state index contributed by atoms with van der Waals surface area (Å²) in [7, 11) is 0. The molecule has 0 saturated carbocycles. The normalized spacial score (nSPS) is 8.23. The van der Waals surface area contributed by atoms with Crippen LogP contribution in [0.2, 0.25) is 0 Å². The maximum atomic E-state index is 4.83. The van der Waals surface area contributed by atoms with Crippen molar-refractivity contribution in [2.24, 2.45) is 0 Å². The van der Waals surface area contributed by atoms with Crippen LogP contribution in [0.5, 0.6) is 0 Å². The first kappa shape index (κ1) is 13.4. The van der Waals surface area contributed by atoms with Gasteiger partial charge in [0, 0.05) is 13.2 Å². The van der Waals surface area contributed by atoms with Crippen LogP contribution in [0.15, 0.2) is 30.3 Å². The fourth-order valence-corrected chi connectivity index (χ4v) is 2.34. The Morgan fingerprint density at radius 1 is 1.15 bits per heavy atom. The van der Waals surface area contributed by atoms with E-state index >= 15 is 0 Å². The lowest BCUT2D eigenvalue weighted by molar-refractivity contribution is 0.162. The topological polar surface area (TPSA) is 9.23 Å². The van der Waals surface area contributed by atoms with E-state index in [0.29, 0.717) is 0 Å². The quantitative estimate of drug-likeness (QED) is 0.754. The van der Waals surface area contributed by atoms with Gasteiger partial charge in [-0.3, -0.25) is 12.9 Å². The van der Waals surface area contributed by atoms with Gasteiger partial charge >= 0.3 is 18.2 Å². The molecule has 70 valence electrons. The van der Waals surface area contributed by atoms with E-state index in [1.807, 2.05) is 19.9 Å². The van der Waals surface area contributed by atoms with Crippen molar-refractivity contribution < 1.29 is 4.74 Å². The number of halogens is 1. The second kappa shape index (κ2) is 10.5. The Morgan fingerprint density at radius 2 is 1.69 bits per heavy atom. The molecule has 0 radical (unpaired) electrons. The standard InChI is InChI=1S/C6H5.C4H10O.BrH.Mg/c1-2-4-6-5-3-1;1-3-5-4-2;;/h1-5H;3-4H2,1-2H3;1H;/q;;;+1/p-1. The molecule has 13 heavy (non-hydrogen) atoms. The monoisotopic (exact) mass is 254 g/mol. The van der Waals surface area contributed by atoms with Gasteiger partial charge in [0.05, 0.1) is 0 Å². The number of ether oxygens (including phenoxy) is 1. The van der Waals surface area contributed by atoms with Gasteiger partial charge in [0.2, 0.25) is 0 Å². The fraction of sp³-hybridized carbons (Fsp3) is 0.400. The molecule has 0 aliphatic heterocycles. The molecule has 0 N–H and O–H groups in total. The average molecular weight is 255 g/mol. The lowest BCUT2D eigenvalue weighted by Crippen LogP contribution is -2.05. The van der Waals surface area contributed by atoms with Crippen LogP contribution in [0.1, 0.15) is 13.8 Å². The molecule has 0 spiro atoms. The van der Waals surface area contributed by atoms with Gasteiger partial charge in [-0.15, -0.1) is 0 Å². The summed E-state index contributed by atoms with van der Waals surface area (Å²) in [4.78, 5) is 0. The molecule has 0 atom stereocenters. The molecule has 0 saturated heterocycles. The highest BCUT2D eigenvalue weighted by molar-refractivity contribution is 9.23. The fourth-order valence-electron chi connectivity index (χ4n) is 0.771. The minimum Gasteiger partial charge on any atom is -0.382 e. The van der Waals surface area contributed by atoms with Crippen molar-refractivity contribution in [3.63, 3.8) is 0 Å². The van der Waals surface area contributed by atoms with Gasteiger partial charge in [0.1, 0.15) is 0 Å². The lowest BCUT2D eigenvalue weighted by atomic mass is 10.4. The van der Waals surface area contributed by atoms with Crippen LogP contribution in [-0.2, 0) is 4.74 Å². The molecule has 3 heteroatoms. The molecule has 0 bridgehead atoms. The van der Waals surface area contributed by atoms with Gasteiger partial charge in [-0.25, -0.2) is 0 Å². The number of benzene rings is 1. The molecule has 0 amide bonds. The zero-order valence-electron chi connectivity index (χ0n) is 8.29. The molecule has 0 fully saturated rings. The first-order valence-electron chi connectivity index (χ1n) is 4.52. The van der Waals surface area contributed by atoms with E-state index in [-0.39, 0.29) is 18.2 Å². The van der Waals surface area contributed by atoms with Crippen LogP contribution in [0.3, 0.4) is 0 Å². The molecular formula is C10H15BrMgO. The number of rotatable bonds is 3. The highest BCUT2D eigenvalue weighted by Crippen LogP contribution is 1.82. The Balaban J connectivity index is 0.000000252. The van der Waals surface area contributed by atoms with Crippen molar-refractivity contribution in [1.29, 1.82) is 0 Å². The predicted molar refractivity (Wildman–Crippen MR) is 62.9 cm³/mol. The van der Waals surface area contributed by atoms with Crippen LogP contribution in [0.25, 0.3) is 0 Å². The zero-order chi connectivity index (χ0) is 9.94. The summed E-state index contributed by atoms with van der Waals surface area (Å²) in [6.45, 7) is 5.67. The van der Waals surface area contributed by atoms with Gasteiger partial charge in [0.15, 0.2) is 0 Å². The number of hydrogen-bond donors (Lipinski definition) is 0. The Bertz CT molecular complexity index is 189. The highest BCUT2D eigenvalue weighted by atomic mass is 79.9. The molecule has 0 aromatic heterocycles. The molecule has 1 aromatic carbocycles. The van der Waals surface area contributed by atoms with Crippen LogP contribution >= 0.6 is 12.9 Å². The maximum Gasteiger partial charge on any atom is 0.506 e. The molecular weight excluding hydrogens is 240 g/mol. The molecule has 0 heterocycles. The molecule has 1 aromatic rings. The van der Waals surface area contributed by atoms with Crippen LogP contribution in [0.4, 0.5) is 0 Å². The largest absolute Gasteiger partial charge is 0.506 e. The van der Waals surface area contributed by atoms with E-state index in [4.69, 9.17) is 4.74 Å². The zero-order valence-corrected chi connectivity index (χ0v) is 11.3. The van der Waals surface area contributed by atoms with E-state index in [2.05, 4.69) is 37.1 Å². The third-order valence-corrected chi connectivity index (χ3v) is 4.13. The molecule has 0 aliphatic carbocycles. The smallest absolute Gasteiger partial charge is 0.382 e. The van der Waals surface area contributed by atoms with Crippen molar-refractivity contribution in [2.45, 2.75) is 13.8 Å². The Hall–Kier alpha value is 0.426. The average Bonchev–Trinajstić information content (AvgIpc) is 2.21. The molecule has 1 rings (SSSR count). The van der Waals surface area contributed by atoms with E-state index in [9.17, 15) is 0 Å². The molecule has 0 aliphatic rings. The van der Waals surface area contributed by atoms with E-state index in [0.717, 1.165) is 13.2 Å². The summed E-state index contributed by atoms with van der Waals surface area (Å²) in [5, 5.41) is 0. The first-order valence-corrected chi connectivity index (χ1v) is 9.13. The Labute approximate surface area is 96.5 Å². The Morgan fingerprint density at radius 3 is 1.92 bits per heavy atom. The van der Waals surface area contributed by atoms with Gasteiger partial charge < -0.3 is 4.74 Å². The van der Waals surface area contributed by atoms with Crippen molar-refractivity contribution in [3.05, 3.63) is 30.3 Å². The number of hydrogen-bond acceptors (Lipinski definition) is 1. The second-order valence-corrected chi connectivity index (χ2v) is 5.17. The minimum absolute atomic E-state index is 0.0962. The third-order valence-electron chi connectivity index (χ3n) is 1.41. The van der Waals surface area contributed by atoms with Crippen molar-refractivity contribution >= 4 is 34.8 Å². The minimum atomic E-state index is -0.0962. The predicted octanol–water partition coefficient (Wildman–Crippen LogP) is 2.37. The molecule has 0 unspecified atom stereocenters. The summed E-state index contributed by atoms with van der Waals surface area (Å²) in [5.74, 6) is 0. The SMILES string of the molecule is CCOCC.[Br][Mg][c]1ccccc1. The van der Waals surface area contributed by atoms with Crippen LogP contribution in [0, 0.1) is 0 Å². The first-order chi connectivity index (χ1) is 6.35. The van der Waals surface area contributed by atoms with Gasteiger partial charge in [0.25, 0.3) is 0 Å². The summed E-state index contributed by atoms with van der Waals surface area (Å²) in [6.07, 6.45) is 0. The highest BCUT2D eigenvalue weighted by Gasteiger charge is 1.88. The Kier molecular flexibility index (Phi) is 10.9. The second-order valence-electron chi connectivity index (χ2n) is 2.40. The van der Waals surface area contributed by atoms with Crippen molar-refractivity contribution in [1.82, 2.24) is 0 Å². The van der Waals surface area contributed by atoms with Gasteiger partial charge in [-0.05, 0) is 13.8 Å². The summed E-state index contributed by atoms with van der Waals surface area (Å²) < 4.78 is 6.30. The summed E-state index contributed by atoms with van der Waals surface area (Å²) in [6, 6.07) is 10.5. The summed E-state index contributed by atoms with van der Waals surface area (Å²) in [5.41, 5.74) is 0.